The van der Waals surface area contributed by atoms with Gasteiger partial charge in [-0.3, -0.25) is 0 Å². The molecule has 0 saturated heterocycles. The molecule has 0 aliphatic heterocycles. The lowest BCUT2D eigenvalue weighted by molar-refractivity contribution is 0.0782. The molecule has 0 atom stereocenters. The Bertz CT molecular complexity index is 350. The maximum Gasteiger partial charge on any atom is 0.0964 e. The molecule has 0 aromatic carbocycles. The predicted octanol–water partition coefficient (Wildman–Crippen LogP) is 2.39. The highest BCUT2D eigenvalue weighted by molar-refractivity contribution is 7.12. The number of methoxy groups -OCH3 is 1. The summed E-state index contributed by atoms with van der Waals surface area (Å²) in [7, 11) is 1.66. The molecule has 1 aliphatic carbocycles. The van der Waals surface area contributed by atoms with Crippen LogP contribution < -0.4 is 0 Å². The van der Waals surface area contributed by atoms with Gasteiger partial charge in [0, 0.05) is 13.0 Å². The van der Waals surface area contributed by atoms with E-state index in [2.05, 4.69) is 4.98 Å². The fourth-order valence-corrected chi connectivity index (χ4v) is 2.83. The largest absolute Gasteiger partial charge is 0.385 e. The van der Waals surface area contributed by atoms with E-state index < -0.39 is 5.60 Å². The van der Waals surface area contributed by atoms with Gasteiger partial charge in [-0.2, -0.15) is 0 Å². The van der Waals surface area contributed by atoms with Gasteiger partial charge in [0.25, 0.3) is 0 Å². The number of thiazole rings is 1. The lowest BCUT2D eigenvalue weighted by atomic mass is 10.1. The SMILES string of the molecule is COCc1nc(C2CC2)sc1C(C)(C)O. The highest BCUT2D eigenvalue weighted by Crippen LogP contribution is 2.44. The zero-order valence-electron chi connectivity index (χ0n) is 9.41. The van der Waals surface area contributed by atoms with Crippen LogP contribution >= 0.6 is 11.3 Å². The summed E-state index contributed by atoms with van der Waals surface area (Å²) in [6.07, 6.45) is 2.48. The van der Waals surface area contributed by atoms with Gasteiger partial charge in [-0.1, -0.05) is 0 Å². The number of aliphatic hydroxyl groups is 1. The average molecular weight is 227 g/mol. The highest BCUT2D eigenvalue weighted by atomic mass is 32.1. The highest BCUT2D eigenvalue weighted by Gasteiger charge is 2.31. The Balaban J connectivity index is 2.32. The third kappa shape index (κ3) is 2.38. The minimum absolute atomic E-state index is 0.489. The molecule has 0 radical (unpaired) electrons. The molecule has 84 valence electrons. The molecule has 1 fully saturated rings. The third-order valence-electron chi connectivity index (χ3n) is 2.48. The summed E-state index contributed by atoms with van der Waals surface area (Å²) in [5, 5.41) is 11.2. The van der Waals surface area contributed by atoms with Crippen molar-refractivity contribution in [1.82, 2.24) is 4.98 Å². The molecular weight excluding hydrogens is 210 g/mol. The third-order valence-corrected chi connectivity index (χ3v) is 4.05. The van der Waals surface area contributed by atoms with Gasteiger partial charge in [0.05, 0.1) is 27.8 Å². The van der Waals surface area contributed by atoms with Crippen LogP contribution in [0.15, 0.2) is 0 Å². The van der Waals surface area contributed by atoms with Crippen LogP contribution in [0.2, 0.25) is 0 Å². The first kappa shape index (κ1) is 11.0. The maximum absolute atomic E-state index is 10.0. The van der Waals surface area contributed by atoms with E-state index >= 15 is 0 Å². The standard InChI is InChI=1S/C11H17NO2S/c1-11(2,13)9-8(6-14-3)12-10(15-9)7-4-5-7/h7,13H,4-6H2,1-3H3. The fourth-order valence-electron chi connectivity index (χ4n) is 1.59. The molecule has 4 heteroatoms. The van der Waals surface area contributed by atoms with Crippen molar-refractivity contribution in [2.45, 2.75) is 44.8 Å². The average Bonchev–Trinajstić information content (AvgIpc) is 2.87. The summed E-state index contributed by atoms with van der Waals surface area (Å²) in [5.74, 6) is 0.640. The van der Waals surface area contributed by atoms with E-state index in [0.717, 1.165) is 10.6 Å². The molecule has 1 aliphatic rings. The van der Waals surface area contributed by atoms with Crippen molar-refractivity contribution < 1.29 is 9.84 Å². The Kier molecular flexibility index (Phi) is 2.83. The molecule has 1 N–H and O–H groups in total. The van der Waals surface area contributed by atoms with Crippen molar-refractivity contribution in [3.05, 3.63) is 15.6 Å². The van der Waals surface area contributed by atoms with E-state index in [1.165, 1.54) is 17.8 Å². The van der Waals surface area contributed by atoms with E-state index in [4.69, 9.17) is 4.74 Å². The molecule has 0 amide bonds. The topological polar surface area (TPSA) is 42.4 Å². The van der Waals surface area contributed by atoms with Crippen molar-refractivity contribution in [3.63, 3.8) is 0 Å². The van der Waals surface area contributed by atoms with E-state index in [1.807, 2.05) is 0 Å². The van der Waals surface area contributed by atoms with Crippen LogP contribution in [0.5, 0.6) is 0 Å². The quantitative estimate of drug-likeness (QED) is 0.858. The number of hydrogen-bond acceptors (Lipinski definition) is 4. The Labute approximate surface area is 94.1 Å². The van der Waals surface area contributed by atoms with Gasteiger partial charge in [0.2, 0.25) is 0 Å². The number of hydrogen-bond donors (Lipinski definition) is 1. The monoisotopic (exact) mass is 227 g/mol. The van der Waals surface area contributed by atoms with E-state index in [-0.39, 0.29) is 0 Å². The van der Waals surface area contributed by atoms with Gasteiger partial charge >= 0.3 is 0 Å². The van der Waals surface area contributed by atoms with Gasteiger partial charge in [0.15, 0.2) is 0 Å². The Morgan fingerprint density at radius 2 is 2.20 bits per heavy atom. The first-order valence-corrected chi connectivity index (χ1v) is 6.05. The molecule has 1 saturated carbocycles. The van der Waals surface area contributed by atoms with Crippen molar-refractivity contribution in [2.75, 3.05) is 7.11 Å². The first-order chi connectivity index (χ1) is 7.02. The van der Waals surface area contributed by atoms with Crippen LogP contribution in [0.4, 0.5) is 0 Å². The molecule has 0 bridgehead atoms. The molecule has 0 unspecified atom stereocenters. The maximum atomic E-state index is 10.0. The Morgan fingerprint density at radius 1 is 1.53 bits per heavy atom. The molecule has 1 heterocycles. The zero-order valence-corrected chi connectivity index (χ0v) is 10.2. The lowest BCUT2D eigenvalue weighted by Gasteiger charge is -2.16. The normalized spacial score (nSPS) is 17.1. The number of aromatic nitrogens is 1. The van der Waals surface area contributed by atoms with Crippen LogP contribution in [-0.4, -0.2) is 17.2 Å². The number of nitrogens with zero attached hydrogens (tertiary/aromatic N) is 1. The van der Waals surface area contributed by atoms with E-state index in [9.17, 15) is 5.11 Å². The lowest BCUT2D eigenvalue weighted by Crippen LogP contribution is -2.16. The minimum atomic E-state index is -0.807. The first-order valence-electron chi connectivity index (χ1n) is 5.23. The molecule has 3 nitrogen and oxygen atoms in total. The van der Waals surface area contributed by atoms with Crippen molar-refractivity contribution in [2.24, 2.45) is 0 Å². The molecule has 0 spiro atoms. The Hall–Kier alpha value is -0.450. The van der Waals surface area contributed by atoms with E-state index in [1.54, 1.807) is 32.3 Å². The summed E-state index contributed by atoms with van der Waals surface area (Å²) in [6.45, 7) is 4.09. The van der Waals surface area contributed by atoms with Crippen LogP contribution in [0.3, 0.4) is 0 Å². The van der Waals surface area contributed by atoms with Crippen molar-refractivity contribution in [1.29, 1.82) is 0 Å². The minimum Gasteiger partial charge on any atom is -0.385 e. The van der Waals surface area contributed by atoms with Crippen LogP contribution in [0.25, 0.3) is 0 Å². The van der Waals surface area contributed by atoms with Gasteiger partial charge in [-0.15, -0.1) is 11.3 Å². The second kappa shape index (κ2) is 3.85. The van der Waals surface area contributed by atoms with Crippen LogP contribution in [0, 0.1) is 0 Å². The second-order valence-electron chi connectivity index (χ2n) is 4.59. The summed E-state index contributed by atoms with van der Waals surface area (Å²) in [5.41, 5.74) is 0.0930. The second-order valence-corrected chi connectivity index (χ2v) is 5.62. The molecule has 1 aromatic heterocycles. The van der Waals surface area contributed by atoms with Crippen molar-refractivity contribution in [3.8, 4) is 0 Å². The zero-order chi connectivity index (χ0) is 11.1. The number of rotatable bonds is 4. The smallest absolute Gasteiger partial charge is 0.0964 e. The van der Waals surface area contributed by atoms with Crippen molar-refractivity contribution >= 4 is 11.3 Å². The van der Waals surface area contributed by atoms with Gasteiger partial charge < -0.3 is 9.84 Å². The molecular formula is C11H17NO2S. The summed E-state index contributed by atoms with van der Waals surface area (Å²) >= 11 is 1.64. The van der Waals surface area contributed by atoms with E-state index in [0.29, 0.717) is 12.5 Å². The van der Waals surface area contributed by atoms with Gasteiger partial charge in [0.1, 0.15) is 0 Å². The Morgan fingerprint density at radius 3 is 2.67 bits per heavy atom. The molecule has 1 aromatic rings. The van der Waals surface area contributed by atoms with Crippen LogP contribution in [0.1, 0.15) is 48.2 Å². The summed E-state index contributed by atoms with van der Waals surface area (Å²) in [6, 6.07) is 0. The number of ether oxygens (including phenoxy) is 1. The summed E-state index contributed by atoms with van der Waals surface area (Å²) in [4.78, 5) is 5.51. The fraction of sp³-hybridized carbons (Fsp3) is 0.727. The van der Waals surface area contributed by atoms with Gasteiger partial charge in [-0.25, -0.2) is 4.98 Å². The van der Waals surface area contributed by atoms with Crippen LogP contribution in [-0.2, 0) is 16.9 Å². The summed E-state index contributed by atoms with van der Waals surface area (Å²) < 4.78 is 5.11. The molecule has 15 heavy (non-hydrogen) atoms. The molecule has 2 rings (SSSR count). The predicted molar refractivity (Wildman–Crippen MR) is 60.0 cm³/mol. The van der Waals surface area contributed by atoms with Gasteiger partial charge in [-0.05, 0) is 26.7 Å².